The summed E-state index contributed by atoms with van der Waals surface area (Å²) in [6.45, 7) is 0. The highest BCUT2D eigenvalue weighted by molar-refractivity contribution is 6.04. The van der Waals surface area contributed by atoms with Gasteiger partial charge < -0.3 is 10.6 Å². The van der Waals surface area contributed by atoms with Crippen LogP contribution in [0, 0.1) is 0 Å². The Balaban J connectivity index is 1.39. The van der Waals surface area contributed by atoms with Crippen molar-refractivity contribution in [2.24, 2.45) is 0 Å². The van der Waals surface area contributed by atoms with Crippen molar-refractivity contribution in [3.8, 4) is 0 Å². The van der Waals surface area contributed by atoms with Gasteiger partial charge in [0.15, 0.2) is 0 Å². The highest BCUT2D eigenvalue weighted by Gasteiger charge is 2.08. The SMILES string of the molecule is O=C(Cc1cccc2ccccc12)Nc1ccc(NC(=O)c2ccccc2)cc1. The van der Waals surface area contributed by atoms with Gasteiger partial charge in [0.2, 0.25) is 5.91 Å². The van der Waals surface area contributed by atoms with Crippen LogP contribution in [0.3, 0.4) is 0 Å². The molecule has 0 radical (unpaired) electrons. The van der Waals surface area contributed by atoms with Crippen molar-refractivity contribution in [3.63, 3.8) is 0 Å². The molecule has 0 aliphatic carbocycles. The van der Waals surface area contributed by atoms with E-state index in [-0.39, 0.29) is 11.8 Å². The summed E-state index contributed by atoms with van der Waals surface area (Å²) in [6.07, 6.45) is 0.299. The molecule has 2 amide bonds. The van der Waals surface area contributed by atoms with Crippen molar-refractivity contribution in [3.05, 3.63) is 108 Å². The van der Waals surface area contributed by atoms with Crippen molar-refractivity contribution in [1.82, 2.24) is 0 Å². The van der Waals surface area contributed by atoms with Crippen LogP contribution < -0.4 is 10.6 Å². The Morgan fingerprint density at radius 3 is 2.00 bits per heavy atom. The predicted molar refractivity (Wildman–Crippen MR) is 117 cm³/mol. The molecule has 0 bridgehead atoms. The van der Waals surface area contributed by atoms with Crippen molar-refractivity contribution < 1.29 is 9.59 Å². The van der Waals surface area contributed by atoms with Gasteiger partial charge in [-0.05, 0) is 52.7 Å². The fourth-order valence-corrected chi connectivity index (χ4v) is 3.25. The predicted octanol–water partition coefficient (Wildman–Crippen LogP) is 5.27. The van der Waals surface area contributed by atoms with Gasteiger partial charge >= 0.3 is 0 Å². The van der Waals surface area contributed by atoms with Crippen LogP contribution in [0.25, 0.3) is 10.8 Å². The lowest BCUT2D eigenvalue weighted by Gasteiger charge is -2.09. The fraction of sp³-hybridized carbons (Fsp3) is 0.0400. The minimum absolute atomic E-state index is 0.0811. The molecule has 0 unspecified atom stereocenters. The zero-order valence-electron chi connectivity index (χ0n) is 15.8. The first-order valence-electron chi connectivity index (χ1n) is 9.42. The van der Waals surface area contributed by atoms with Crippen LogP contribution in [-0.4, -0.2) is 11.8 Å². The normalized spacial score (nSPS) is 10.5. The van der Waals surface area contributed by atoms with Crippen molar-refractivity contribution in [1.29, 1.82) is 0 Å². The van der Waals surface area contributed by atoms with Gasteiger partial charge in [0, 0.05) is 16.9 Å². The molecule has 0 aromatic heterocycles. The first-order valence-corrected chi connectivity index (χ1v) is 9.42. The molecular weight excluding hydrogens is 360 g/mol. The van der Waals surface area contributed by atoms with E-state index in [2.05, 4.69) is 10.6 Å². The summed E-state index contributed by atoms with van der Waals surface area (Å²) in [7, 11) is 0. The highest BCUT2D eigenvalue weighted by Crippen LogP contribution is 2.20. The molecule has 0 saturated heterocycles. The van der Waals surface area contributed by atoms with E-state index in [0.717, 1.165) is 16.3 Å². The third-order valence-corrected chi connectivity index (χ3v) is 4.69. The van der Waals surface area contributed by atoms with Gasteiger partial charge in [-0.3, -0.25) is 9.59 Å². The number of anilines is 2. The molecule has 0 saturated carbocycles. The van der Waals surface area contributed by atoms with Crippen molar-refractivity contribution >= 4 is 34.0 Å². The molecular formula is C25H20N2O2. The van der Waals surface area contributed by atoms with Gasteiger partial charge in [-0.15, -0.1) is 0 Å². The van der Waals surface area contributed by atoms with E-state index >= 15 is 0 Å². The number of carbonyl (C=O) groups is 2. The molecule has 2 N–H and O–H groups in total. The zero-order chi connectivity index (χ0) is 20.1. The number of carbonyl (C=O) groups excluding carboxylic acids is 2. The summed E-state index contributed by atoms with van der Waals surface area (Å²) in [5.41, 5.74) is 2.95. The van der Waals surface area contributed by atoms with Gasteiger partial charge in [0.05, 0.1) is 6.42 Å². The van der Waals surface area contributed by atoms with Crippen molar-refractivity contribution in [2.75, 3.05) is 10.6 Å². The lowest BCUT2D eigenvalue weighted by atomic mass is 10.0. The molecule has 4 heteroatoms. The lowest BCUT2D eigenvalue weighted by molar-refractivity contribution is -0.115. The van der Waals surface area contributed by atoms with Crippen LogP contribution in [0.1, 0.15) is 15.9 Å². The van der Waals surface area contributed by atoms with Gasteiger partial charge in [0.25, 0.3) is 5.91 Å². The third-order valence-electron chi connectivity index (χ3n) is 4.69. The number of nitrogens with one attached hydrogen (secondary N) is 2. The van der Waals surface area contributed by atoms with Gasteiger partial charge in [0.1, 0.15) is 0 Å². The number of hydrogen-bond donors (Lipinski definition) is 2. The van der Waals surface area contributed by atoms with E-state index in [4.69, 9.17) is 0 Å². The maximum Gasteiger partial charge on any atom is 0.255 e. The average molecular weight is 380 g/mol. The number of fused-ring (bicyclic) bond motifs is 1. The molecule has 4 nitrogen and oxygen atoms in total. The first-order chi connectivity index (χ1) is 14.2. The molecule has 0 fully saturated rings. The number of hydrogen-bond acceptors (Lipinski definition) is 2. The minimum Gasteiger partial charge on any atom is -0.326 e. The topological polar surface area (TPSA) is 58.2 Å². The Bertz CT molecular complexity index is 1150. The maximum atomic E-state index is 12.5. The molecule has 4 aromatic carbocycles. The Kier molecular flexibility index (Phi) is 5.34. The minimum atomic E-state index is -0.168. The Hall–Kier alpha value is -3.92. The summed E-state index contributed by atoms with van der Waals surface area (Å²) in [6, 6.07) is 30.2. The number of benzene rings is 4. The molecule has 0 heterocycles. The van der Waals surface area contributed by atoms with Crippen LogP contribution in [-0.2, 0) is 11.2 Å². The lowest BCUT2D eigenvalue weighted by Crippen LogP contribution is -2.15. The van der Waals surface area contributed by atoms with E-state index < -0.39 is 0 Å². The molecule has 4 aromatic rings. The molecule has 4 rings (SSSR count). The summed E-state index contributed by atoms with van der Waals surface area (Å²) in [5, 5.41) is 7.97. The molecule has 0 aliphatic heterocycles. The average Bonchev–Trinajstić information content (AvgIpc) is 2.76. The Morgan fingerprint density at radius 1 is 0.621 bits per heavy atom. The standard InChI is InChI=1S/C25H20N2O2/c28-24(17-20-11-6-10-18-7-4-5-12-23(18)20)26-21-13-15-22(16-14-21)27-25(29)19-8-2-1-3-9-19/h1-16H,17H2,(H,26,28)(H,27,29). The van der Waals surface area contributed by atoms with Gasteiger partial charge in [-0.2, -0.15) is 0 Å². The van der Waals surface area contributed by atoms with Gasteiger partial charge in [-0.1, -0.05) is 60.7 Å². The van der Waals surface area contributed by atoms with Gasteiger partial charge in [-0.25, -0.2) is 0 Å². The van der Waals surface area contributed by atoms with E-state index in [9.17, 15) is 9.59 Å². The first kappa shape index (κ1) is 18.4. The summed E-state index contributed by atoms with van der Waals surface area (Å²) in [5.74, 6) is -0.249. The molecule has 29 heavy (non-hydrogen) atoms. The summed E-state index contributed by atoms with van der Waals surface area (Å²) >= 11 is 0. The fourth-order valence-electron chi connectivity index (χ4n) is 3.25. The van der Waals surface area contributed by atoms with Crippen molar-refractivity contribution in [2.45, 2.75) is 6.42 Å². The van der Waals surface area contributed by atoms with E-state index in [1.807, 2.05) is 60.7 Å². The second-order valence-electron chi connectivity index (χ2n) is 6.76. The molecule has 0 aliphatic rings. The second-order valence-corrected chi connectivity index (χ2v) is 6.76. The van der Waals surface area contributed by atoms with E-state index in [1.54, 1.807) is 36.4 Å². The third kappa shape index (κ3) is 4.50. The second kappa shape index (κ2) is 8.40. The van der Waals surface area contributed by atoms with Crippen LogP contribution in [0.2, 0.25) is 0 Å². The quantitative estimate of drug-likeness (QED) is 0.495. The summed E-state index contributed by atoms with van der Waals surface area (Å²) in [4.78, 5) is 24.7. The van der Waals surface area contributed by atoms with Crippen LogP contribution >= 0.6 is 0 Å². The highest BCUT2D eigenvalue weighted by atomic mass is 16.2. The molecule has 0 atom stereocenters. The largest absolute Gasteiger partial charge is 0.326 e. The maximum absolute atomic E-state index is 12.5. The Labute approximate surface area is 169 Å². The van der Waals surface area contributed by atoms with E-state index in [1.165, 1.54) is 0 Å². The van der Waals surface area contributed by atoms with Crippen LogP contribution in [0.4, 0.5) is 11.4 Å². The van der Waals surface area contributed by atoms with Crippen LogP contribution in [0.5, 0.6) is 0 Å². The number of rotatable bonds is 5. The van der Waals surface area contributed by atoms with Crippen LogP contribution in [0.15, 0.2) is 97.1 Å². The molecule has 142 valence electrons. The summed E-state index contributed by atoms with van der Waals surface area (Å²) < 4.78 is 0. The number of amides is 2. The zero-order valence-corrected chi connectivity index (χ0v) is 15.8. The smallest absolute Gasteiger partial charge is 0.255 e. The molecule has 0 spiro atoms. The van der Waals surface area contributed by atoms with E-state index in [0.29, 0.717) is 23.4 Å². The monoisotopic (exact) mass is 380 g/mol. The Morgan fingerprint density at radius 2 is 1.24 bits per heavy atom.